The first-order valence-electron chi connectivity index (χ1n) is 19.3. The fourth-order valence-electron chi connectivity index (χ4n) is 8.59. The first-order valence-corrected chi connectivity index (χ1v) is 19.3. The van der Waals surface area contributed by atoms with Crippen molar-refractivity contribution in [2.45, 2.75) is 57.8 Å². The van der Waals surface area contributed by atoms with Gasteiger partial charge in [-0.15, -0.1) is 29.3 Å². The van der Waals surface area contributed by atoms with Gasteiger partial charge in [-0.3, -0.25) is 4.98 Å². The SMILES string of the molecule is CC1(C)c2ccccc2-c2c[c-]c(-c3cc(-c4cccc(CCCCCCc5ccccc5)c4)c4cc(-c5cccc6ccccc56)ccc4n3)cc21.[Ir]. The van der Waals surface area contributed by atoms with Gasteiger partial charge in [0.05, 0.1) is 5.52 Å². The maximum atomic E-state index is 5.34. The summed E-state index contributed by atoms with van der Waals surface area (Å²) in [5.41, 5.74) is 16.0. The van der Waals surface area contributed by atoms with Crippen LogP contribution in [0.25, 0.3) is 66.3 Å². The van der Waals surface area contributed by atoms with E-state index in [4.69, 9.17) is 4.98 Å². The molecule has 0 saturated carbocycles. The minimum atomic E-state index is -0.0846. The van der Waals surface area contributed by atoms with E-state index in [1.54, 1.807) is 0 Å². The third kappa shape index (κ3) is 6.86. The van der Waals surface area contributed by atoms with Gasteiger partial charge >= 0.3 is 0 Å². The van der Waals surface area contributed by atoms with E-state index >= 15 is 0 Å². The van der Waals surface area contributed by atoms with Crippen LogP contribution in [0, 0.1) is 6.07 Å². The van der Waals surface area contributed by atoms with Crippen molar-refractivity contribution < 1.29 is 20.1 Å². The quantitative estimate of drug-likeness (QED) is 0.0985. The molecule has 0 amide bonds. The normalized spacial score (nSPS) is 12.7. The van der Waals surface area contributed by atoms with Crippen molar-refractivity contribution in [2.24, 2.45) is 0 Å². The van der Waals surface area contributed by atoms with Crippen molar-refractivity contribution in [3.05, 3.63) is 186 Å². The van der Waals surface area contributed by atoms with Crippen LogP contribution in [0.2, 0.25) is 0 Å². The molecule has 1 nitrogen and oxygen atoms in total. The summed E-state index contributed by atoms with van der Waals surface area (Å²) < 4.78 is 0. The van der Waals surface area contributed by atoms with Crippen LogP contribution in [0.4, 0.5) is 0 Å². The summed E-state index contributed by atoms with van der Waals surface area (Å²) in [5.74, 6) is 0. The molecule has 0 unspecified atom stereocenters. The molecule has 0 fully saturated rings. The number of benzene rings is 7. The van der Waals surface area contributed by atoms with Gasteiger partial charge < -0.3 is 0 Å². The van der Waals surface area contributed by atoms with E-state index in [0.717, 1.165) is 23.2 Å². The molecule has 1 aliphatic rings. The molecule has 0 N–H and O–H groups in total. The topological polar surface area (TPSA) is 12.9 Å². The number of fused-ring (bicyclic) bond motifs is 5. The predicted molar refractivity (Wildman–Crippen MR) is 224 cm³/mol. The zero-order valence-corrected chi connectivity index (χ0v) is 33.4. The maximum absolute atomic E-state index is 5.34. The van der Waals surface area contributed by atoms with Gasteiger partial charge in [-0.25, -0.2) is 0 Å². The molecule has 1 aliphatic carbocycles. The number of aryl methyl sites for hydroxylation is 2. The molecule has 0 saturated heterocycles. The third-order valence-electron chi connectivity index (χ3n) is 11.5. The fourth-order valence-corrected chi connectivity index (χ4v) is 8.59. The zero-order chi connectivity index (χ0) is 35.8. The number of rotatable bonds is 10. The summed E-state index contributed by atoms with van der Waals surface area (Å²) in [5, 5.41) is 3.69. The molecule has 267 valence electrons. The first-order chi connectivity index (χ1) is 26.0. The van der Waals surface area contributed by atoms with Crippen LogP contribution < -0.4 is 0 Å². The Balaban J connectivity index is 0.00000413. The summed E-state index contributed by atoms with van der Waals surface area (Å²) in [4.78, 5) is 5.34. The fraction of sp³-hybridized carbons (Fsp3) is 0.173. The van der Waals surface area contributed by atoms with Crippen molar-refractivity contribution in [3.63, 3.8) is 0 Å². The van der Waals surface area contributed by atoms with Gasteiger partial charge in [-0.05, 0) is 98.6 Å². The second-order valence-electron chi connectivity index (χ2n) is 15.3. The van der Waals surface area contributed by atoms with Crippen LogP contribution in [0.1, 0.15) is 61.8 Å². The average Bonchev–Trinajstić information content (AvgIpc) is 3.44. The number of hydrogen-bond donors (Lipinski definition) is 0. The minimum Gasteiger partial charge on any atom is -0.296 e. The Hall–Kier alpha value is -5.14. The van der Waals surface area contributed by atoms with E-state index in [0.29, 0.717) is 0 Å². The Kier molecular flexibility index (Phi) is 10.2. The van der Waals surface area contributed by atoms with Gasteiger partial charge in [0, 0.05) is 25.5 Å². The van der Waals surface area contributed by atoms with Crippen LogP contribution in [-0.2, 0) is 38.4 Å². The van der Waals surface area contributed by atoms with E-state index < -0.39 is 0 Å². The van der Waals surface area contributed by atoms with E-state index in [-0.39, 0.29) is 25.5 Å². The van der Waals surface area contributed by atoms with Crippen molar-refractivity contribution in [1.82, 2.24) is 4.98 Å². The van der Waals surface area contributed by atoms with Gasteiger partial charge in [-0.2, -0.15) is 0 Å². The molecule has 7 aromatic carbocycles. The molecule has 0 bridgehead atoms. The molecule has 54 heavy (non-hydrogen) atoms. The van der Waals surface area contributed by atoms with Crippen LogP contribution in [0.15, 0.2) is 158 Å². The first kappa shape index (κ1) is 35.9. The predicted octanol–water partition coefficient (Wildman–Crippen LogP) is 13.8. The summed E-state index contributed by atoms with van der Waals surface area (Å²) in [6, 6.07) is 61.5. The summed E-state index contributed by atoms with van der Waals surface area (Å²) in [6.07, 6.45) is 7.22. The van der Waals surface area contributed by atoms with Crippen LogP contribution >= 0.6 is 0 Å². The third-order valence-corrected chi connectivity index (χ3v) is 11.5. The van der Waals surface area contributed by atoms with Crippen molar-refractivity contribution in [2.75, 3.05) is 0 Å². The number of nitrogens with zero attached hydrogens (tertiary/aromatic N) is 1. The molecule has 0 spiro atoms. The van der Waals surface area contributed by atoms with E-state index in [1.807, 2.05) is 0 Å². The van der Waals surface area contributed by atoms with Gasteiger partial charge in [0.2, 0.25) is 0 Å². The van der Waals surface area contributed by atoms with Crippen LogP contribution in [-0.4, -0.2) is 4.98 Å². The Labute approximate surface area is 333 Å². The Bertz CT molecular complexity index is 2590. The van der Waals surface area contributed by atoms with Crippen LogP contribution in [0.3, 0.4) is 0 Å². The molecule has 1 aromatic heterocycles. The molecular weight excluding hydrogens is 831 g/mol. The summed E-state index contributed by atoms with van der Waals surface area (Å²) in [6.45, 7) is 4.68. The van der Waals surface area contributed by atoms with Crippen LogP contribution in [0.5, 0.6) is 0 Å². The number of aromatic nitrogens is 1. The van der Waals surface area contributed by atoms with E-state index in [1.165, 1.54) is 104 Å². The standard InChI is InChI=1S/C52H44N.Ir/c1-52(2)48-27-13-12-25-44(48)45-30-28-41(34-49(45)52)51-35-46(39-23-14-20-37(32-39)19-7-4-3-6-16-36-17-8-5-9-18-36)47-33-40(29-31-50(47)53-51)43-26-15-22-38-21-10-11-24-42(38)43;/h5,8-15,17-18,20-27,29-35H,3-4,6-7,16,19H2,1-2H3;/q-1;. The van der Waals surface area contributed by atoms with Crippen molar-refractivity contribution in [3.8, 4) is 44.6 Å². The maximum Gasteiger partial charge on any atom is 0.0602 e. The Morgan fingerprint density at radius 3 is 2.06 bits per heavy atom. The van der Waals surface area contributed by atoms with Gasteiger partial charge in [0.25, 0.3) is 0 Å². The largest absolute Gasteiger partial charge is 0.296 e. The molecule has 1 heterocycles. The molecule has 0 aliphatic heterocycles. The Morgan fingerprint density at radius 1 is 0.500 bits per heavy atom. The van der Waals surface area contributed by atoms with Gasteiger partial charge in [-0.1, -0.05) is 171 Å². The van der Waals surface area contributed by atoms with Crippen molar-refractivity contribution >= 4 is 21.7 Å². The van der Waals surface area contributed by atoms with Gasteiger partial charge in [0.1, 0.15) is 0 Å². The molecule has 9 rings (SSSR count). The molecular formula is C52H44IrN-. The molecule has 8 aromatic rings. The molecule has 2 heteroatoms. The van der Waals surface area contributed by atoms with Gasteiger partial charge in [0.15, 0.2) is 0 Å². The van der Waals surface area contributed by atoms with Crippen molar-refractivity contribution in [1.29, 1.82) is 0 Å². The zero-order valence-electron chi connectivity index (χ0n) is 31.0. The number of unbranched alkanes of at least 4 members (excludes halogenated alkanes) is 3. The summed E-state index contributed by atoms with van der Waals surface area (Å²) in [7, 11) is 0. The van der Waals surface area contributed by atoms with E-state index in [2.05, 4.69) is 178 Å². The number of hydrogen-bond acceptors (Lipinski definition) is 1. The Morgan fingerprint density at radius 2 is 1.19 bits per heavy atom. The second-order valence-corrected chi connectivity index (χ2v) is 15.3. The molecule has 0 atom stereocenters. The monoisotopic (exact) mass is 875 g/mol. The molecule has 1 radical (unpaired) electrons. The summed E-state index contributed by atoms with van der Waals surface area (Å²) >= 11 is 0. The van der Waals surface area contributed by atoms with E-state index in [9.17, 15) is 0 Å². The smallest absolute Gasteiger partial charge is 0.0602 e. The number of pyridine rings is 1. The average molecular weight is 875 g/mol. The second kappa shape index (κ2) is 15.3. The minimum absolute atomic E-state index is 0.